The number of rotatable bonds is 9. The highest BCUT2D eigenvalue weighted by Gasteiger charge is 2.35. The van der Waals surface area contributed by atoms with E-state index in [0.717, 1.165) is 12.1 Å². The number of anilines is 1. The molecule has 0 radical (unpaired) electrons. The Morgan fingerprint density at radius 3 is 2.38 bits per heavy atom. The summed E-state index contributed by atoms with van der Waals surface area (Å²) in [5, 5.41) is 2.64. The quantitative estimate of drug-likeness (QED) is 0.575. The molecule has 1 atom stereocenters. The van der Waals surface area contributed by atoms with Gasteiger partial charge in [-0.2, -0.15) is 0 Å². The number of ether oxygens (including phenoxy) is 1. The summed E-state index contributed by atoms with van der Waals surface area (Å²) >= 11 is 0. The average Bonchev–Trinajstić information content (AvgIpc) is 3.08. The fourth-order valence-electron chi connectivity index (χ4n) is 3.74. The van der Waals surface area contributed by atoms with E-state index in [-0.39, 0.29) is 42.4 Å². The van der Waals surface area contributed by atoms with Crippen LogP contribution in [0.4, 0.5) is 18.9 Å². The third-order valence-corrected chi connectivity index (χ3v) is 5.48. The first-order chi connectivity index (χ1) is 16.0. The van der Waals surface area contributed by atoms with Crippen molar-refractivity contribution >= 4 is 29.1 Å². The molecule has 180 valence electrons. The number of alkyl halides is 3. The predicted octanol–water partition coefficient (Wildman–Crippen LogP) is 4.51. The van der Waals surface area contributed by atoms with Gasteiger partial charge < -0.3 is 15.0 Å². The number of ketones is 2. The first kappa shape index (κ1) is 24.9. The van der Waals surface area contributed by atoms with Crippen LogP contribution in [-0.2, 0) is 16.1 Å². The number of carbonyl (C=O) groups is 4. The molecule has 1 N–H and O–H groups in total. The Kier molecular flexibility index (Phi) is 7.38. The summed E-state index contributed by atoms with van der Waals surface area (Å²) in [4.78, 5) is 50.6. The van der Waals surface area contributed by atoms with Crippen molar-refractivity contribution in [2.24, 2.45) is 0 Å². The average molecular weight is 476 g/mol. The minimum absolute atomic E-state index is 0.0124. The van der Waals surface area contributed by atoms with E-state index in [9.17, 15) is 32.3 Å². The Bertz CT molecular complexity index is 1110. The van der Waals surface area contributed by atoms with Gasteiger partial charge in [0, 0.05) is 36.2 Å². The molecule has 2 aromatic carbocycles. The Hall–Kier alpha value is -3.69. The summed E-state index contributed by atoms with van der Waals surface area (Å²) in [5.74, 6) is -1.52. The van der Waals surface area contributed by atoms with Crippen LogP contribution in [0.3, 0.4) is 0 Å². The van der Waals surface area contributed by atoms with Crippen LogP contribution >= 0.6 is 0 Å². The lowest BCUT2D eigenvalue weighted by Gasteiger charge is -2.25. The highest BCUT2D eigenvalue weighted by atomic mass is 19.4. The fraction of sp³-hybridized carbons (Fsp3) is 0.333. The van der Waals surface area contributed by atoms with Gasteiger partial charge in [0.2, 0.25) is 0 Å². The molecule has 7 nitrogen and oxygen atoms in total. The normalized spacial score (nSPS) is 13.9. The molecule has 34 heavy (non-hydrogen) atoms. The zero-order valence-corrected chi connectivity index (χ0v) is 18.6. The number of halogens is 3. The number of Topliss-reactive ketones (excluding diaryl/α,β-unsaturated/α-hetero) is 2. The van der Waals surface area contributed by atoms with Crippen LogP contribution in [0, 0.1) is 0 Å². The van der Waals surface area contributed by atoms with Gasteiger partial charge >= 0.3 is 6.36 Å². The van der Waals surface area contributed by atoms with Gasteiger partial charge in [0.05, 0.1) is 6.04 Å². The zero-order chi connectivity index (χ0) is 25.0. The van der Waals surface area contributed by atoms with Gasteiger partial charge in [-0.05, 0) is 61.4 Å². The van der Waals surface area contributed by atoms with Gasteiger partial charge in [-0.15, -0.1) is 13.2 Å². The third kappa shape index (κ3) is 6.00. The molecule has 0 saturated carbocycles. The van der Waals surface area contributed by atoms with Crippen molar-refractivity contribution in [1.29, 1.82) is 0 Å². The van der Waals surface area contributed by atoms with Gasteiger partial charge in [-0.25, -0.2) is 0 Å². The van der Waals surface area contributed by atoms with Crippen LogP contribution in [0.2, 0.25) is 0 Å². The standard InChI is InChI=1S/C24H23F3N2O5/c1-3-18(31)7-11-21(14(2)30)29-13-16-12-17(6-10-20(16)23(29)33)28-22(32)15-4-8-19(9-5-15)34-24(25,26)27/h4-6,8-10,12,21H,3,7,11,13H2,1-2H3,(H,28,32). The van der Waals surface area contributed by atoms with E-state index in [2.05, 4.69) is 10.1 Å². The third-order valence-electron chi connectivity index (χ3n) is 5.48. The van der Waals surface area contributed by atoms with Crippen LogP contribution in [0.1, 0.15) is 59.4 Å². The molecule has 0 aromatic heterocycles. The smallest absolute Gasteiger partial charge is 0.406 e. The van der Waals surface area contributed by atoms with Gasteiger partial charge in [0.25, 0.3) is 11.8 Å². The van der Waals surface area contributed by atoms with Crippen LogP contribution in [-0.4, -0.2) is 40.7 Å². The number of nitrogens with zero attached hydrogens (tertiary/aromatic N) is 1. The van der Waals surface area contributed by atoms with Crippen molar-refractivity contribution in [1.82, 2.24) is 4.90 Å². The fourth-order valence-corrected chi connectivity index (χ4v) is 3.74. The SMILES string of the molecule is CCC(=O)CCC(C(C)=O)N1Cc2cc(NC(=O)c3ccc(OC(F)(F)F)cc3)ccc2C1=O. The number of amides is 2. The second-order valence-electron chi connectivity index (χ2n) is 7.89. The summed E-state index contributed by atoms with van der Waals surface area (Å²) < 4.78 is 40.6. The molecule has 3 rings (SSSR count). The minimum Gasteiger partial charge on any atom is -0.406 e. The van der Waals surface area contributed by atoms with Crippen molar-refractivity contribution in [2.45, 2.75) is 52.1 Å². The monoisotopic (exact) mass is 476 g/mol. The Balaban J connectivity index is 1.70. The molecule has 0 saturated heterocycles. The van der Waals surface area contributed by atoms with E-state index in [1.807, 2.05) is 0 Å². The molecule has 0 bridgehead atoms. The van der Waals surface area contributed by atoms with Gasteiger partial charge in [-0.3, -0.25) is 19.2 Å². The van der Waals surface area contributed by atoms with Crippen molar-refractivity contribution in [3.63, 3.8) is 0 Å². The maximum absolute atomic E-state index is 12.9. The lowest BCUT2D eigenvalue weighted by atomic mass is 10.0. The molecule has 0 aliphatic carbocycles. The van der Waals surface area contributed by atoms with Crippen LogP contribution in [0.15, 0.2) is 42.5 Å². The molecule has 1 unspecified atom stereocenters. The molecule has 1 aliphatic heterocycles. The molecular weight excluding hydrogens is 453 g/mol. The summed E-state index contributed by atoms with van der Waals surface area (Å²) in [6.45, 7) is 3.28. The Morgan fingerprint density at radius 2 is 1.79 bits per heavy atom. The van der Waals surface area contributed by atoms with Crippen LogP contribution in [0.5, 0.6) is 5.75 Å². The Labute approximate surface area is 193 Å². The molecular formula is C24H23F3N2O5. The summed E-state index contributed by atoms with van der Waals surface area (Å²) in [5.41, 5.74) is 1.52. The van der Waals surface area contributed by atoms with E-state index in [1.54, 1.807) is 19.1 Å². The zero-order valence-electron chi connectivity index (χ0n) is 18.6. The molecule has 0 spiro atoms. The number of benzene rings is 2. The van der Waals surface area contributed by atoms with Crippen LogP contribution in [0.25, 0.3) is 0 Å². The minimum atomic E-state index is -4.83. The Morgan fingerprint density at radius 1 is 1.12 bits per heavy atom. The molecule has 10 heteroatoms. The van der Waals surface area contributed by atoms with E-state index in [0.29, 0.717) is 23.2 Å². The largest absolute Gasteiger partial charge is 0.573 e. The molecule has 1 aliphatic rings. The first-order valence-corrected chi connectivity index (χ1v) is 10.6. The first-order valence-electron chi connectivity index (χ1n) is 10.6. The topological polar surface area (TPSA) is 92.8 Å². The van der Waals surface area contributed by atoms with Gasteiger partial charge in [0.15, 0.2) is 5.78 Å². The van der Waals surface area contributed by atoms with E-state index >= 15 is 0 Å². The highest BCUT2D eigenvalue weighted by molar-refractivity contribution is 6.05. The maximum atomic E-state index is 12.9. The van der Waals surface area contributed by atoms with Crippen molar-refractivity contribution in [2.75, 3.05) is 5.32 Å². The van der Waals surface area contributed by atoms with E-state index in [4.69, 9.17) is 0 Å². The second-order valence-corrected chi connectivity index (χ2v) is 7.89. The number of fused-ring (bicyclic) bond motifs is 1. The van der Waals surface area contributed by atoms with Crippen molar-refractivity contribution < 1.29 is 37.1 Å². The molecule has 2 amide bonds. The lowest BCUT2D eigenvalue weighted by molar-refractivity contribution is -0.274. The number of carbonyl (C=O) groups excluding carboxylic acids is 4. The highest BCUT2D eigenvalue weighted by Crippen LogP contribution is 2.29. The van der Waals surface area contributed by atoms with Gasteiger partial charge in [0.1, 0.15) is 11.5 Å². The maximum Gasteiger partial charge on any atom is 0.573 e. The van der Waals surface area contributed by atoms with Crippen LogP contribution < -0.4 is 10.1 Å². The number of nitrogens with one attached hydrogen (secondary N) is 1. The number of hydrogen-bond acceptors (Lipinski definition) is 5. The summed E-state index contributed by atoms with van der Waals surface area (Å²) in [6.07, 6.45) is -4.01. The van der Waals surface area contributed by atoms with Gasteiger partial charge in [-0.1, -0.05) is 6.92 Å². The van der Waals surface area contributed by atoms with E-state index in [1.165, 1.54) is 30.0 Å². The molecule has 2 aromatic rings. The summed E-state index contributed by atoms with van der Waals surface area (Å²) in [6, 6.07) is 8.44. The lowest BCUT2D eigenvalue weighted by Crippen LogP contribution is -2.40. The predicted molar refractivity (Wildman–Crippen MR) is 116 cm³/mol. The van der Waals surface area contributed by atoms with E-state index < -0.39 is 24.1 Å². The van der Waals surface area contributed by atoms with Crippen molar-refractivity contribution in [3.8, 4) is 5.75 Å². The second kappa shape index (κ2) is 10.1. The molecule has 1 heterocycles. The molecule has 0 fully saturated rings. The van der Waals surface area contributed by atoms with Crippen molar-refractivity contribution in [3.05, 3.63) is 59.2 Å². The number of hydrogen-bond donors (Lipinski definition) is 1. The summed E-state index contributed by atoms with van der Waals surface area (Å²) in [7, 11) is 0.